The number of benzene rings is 1. The first-order valence-corrected chi connectivity index (χ1v) is 10.8. The number of pyridine rings is 1. The van der Waals surface area contributed by atoms with Crippen LogP contribution in [-0.2, 0) is 17.9 Å². The fourth-order valence-corrected chi connectivity index (χ4v) is 4.18. The first kappa shape index (κ1) is 22.0. The molecular weight excluding hydrogens is 404 g/mol. The number of aromatic nitrogens is 3. The summed E-state index contributed by atoms with van der Waals surface area (Å²) in [5, 5.41) is 6.61. The molecule has 0 saturated heterocycles. The highest BCUT2D eigenvalue weighted by atomic mass is 16.2. The lowest BCUT2D eigenvalue weighted by Crippen LogP contribution is -2.53. The molecule has 0 bridgehead atoms. The molecule has 2 N–H and O–H groups in total. The Kier molecular flexibility index (Phi) is 5.73. The molecule has 8 nitrogen and oxygen atoms in total. The highest BCUT2D eigenvalue weighted by molar-refractivity contribution is 5.99. The summed E-state index contributed by atoms with van der Waals surface area (Å²) in [4.78, 5) is 37.4. The van der Waals surface area contributed by atoms with Gasteiger partial charge in [-0.25, -0.2) is 4.98 Å². The van der Waals surface area contributed by atoms with Crippen molar-refractivity contribution < 1.29 is 9.59 Å². The molecule has 1 atom stereocenters. The summed E-state index contributed by atoms with van der Waals surface area (Å²) in [5.74, 6) is 0.163. The quantitative estimate of drug-likeness (QED) is 0.658. The maximum atomic E-state index is 13.4. The summed E-state index contributed by atoms with van der Waals surface area (Å²) in [6, 6.07) is 9.24. The van der Waals surface area contributed by atoms with E-state index < -0.39 is 11.5 Å². The zero-order valence-electron chi connectivity index (χ0n) is 19.3. The van der Waals surface area contributed by atoms with E-state index >= 15 is 0 Å². The number of nitrogens with one attached hydrogen (secondary N) is 2. The predicted octanol–water partition coefficient (Wildman–Crippen LogP) is 2.43. The van der Waals surface area contributed by atoms with Gasteiger partial charge in [0, 0.05) is 43.8 Å². The van der Waals surface area contributed by atoms with E-state index in [9.17, 15) is 9.59 Å². The molecule has 0 spiro atoms. The van der Waals surface area contributed by atoms with Crippen molar-refractivity contribution in [2.45, 2.75) is 39.9 Å². The van der Waals surface area contributed by atoms with E-state index in [1.807, 2.05) is 58.2 Å². The predicted molar refractivity (Wildman–Crippen MR) is 124 cm³/mol. The first-order valence-electron chi connectivity index (χ1n) is 10.8. The average molecular weight is 435 g/mol. The number of hydrogen-bond acceptors (Lipinski definition) is 5. The van der Waals surface area contributed by atoms with Gasteiger partial charge in [-0.3, -0.25) is 19.5 Å². The third kappa shape index (κ3) is 3.98. The van der Waals surface area contributed by atoms with Gasteiger partial charge in [0.2, 0.25) is 5.91 Å². The van der Waals surface area contributed by atoms with Crippen LogP contribution in [0.1, 0.15) is 37.0 Å². The van der Waals surface area contributed by atoms with Gasteiger partial charge in [0.05, 0.1) is 11.2 Å². The minimum atomic E-state index is -0.679. The molecule has 0 radical (unpaired) electrons. The number of amides is 2. The molecule has 1 aliphatic rings. The zero-order chi connectivity index (χ0) is 23.0. The van der Waals surface area contributed by atoms with Gasteiger partial charge in [-0.05, 0) is 24.6 Å². The summed E-state index contributed by atoms with van der Waals surface area (Å²) in [7, 11) is 3.60. The number of rotatable bonds is 4. The van der Waals surface area contributed by atoms with Crippen molar-refractivity contribution in [1.82, 2.24) is 30.1 Å². The van der Waals surface area contributed by atoms with Crippen LogP contribution in [0.5, 0.6) is 0 Å². The lowest BCUT2D eigenvalue weighted by molar-refractivity contribution is -0.124. The highest BCUT2D eigenvalue weighted by Gasteiger charge is 2.35. The van der Waals surface area contributed by atoms with Crippen LogP contribution in [0.15, 0.2) is 36.5 Å². The number of imidazole rings is 1. The summed E-state index contributed by atoms with van der Waals surface area (Å²) >= 11 is 0. The molecule has 3 heterocycles. The van der Waals surface area contributed by atoms with E-state index in [1.165, 1.54) is 0 Å². The molecule has 1 unspecified atom stereocenters. The van der Waals surface area contributed by atoms with Gasteiger partial charge < -0.3 is 15.2 Å². The number of nitrogens with zero attached hydrogens (tertiary/aromatic N) is 4. The minimum absolute atomic E-state index is 0.227. The lowest BCUT2D eigenvalue weighted by atomic mass is 9.86. The Balaban J connectivity index is 1.81. The third-order valence-electron chi connectivity index (χ3n) is 5.94. The molecule has 1 aliphatic heterocycles. The molecule has 2 aromatic heterocycles. The molecule has 1 aromatic carbocycles. The summed E-state index contributed by atoms with van der Waals surface area (Å²) in [5.41, 5.74) is 2.51. The van der Waals surface area contributed by atoms with Crippen LogP contribution in [0.2, 0.25) is 0 Å². The maximum absolute atomic E-state index is 13.4. The summed E-state index contributed by atoms with van der Waals surface area (Å²) in [6.07, 6.45) is 1.77. The Morgan fingerprint density at radius 3 is 2.59 bits per heavy atom. The van der Waals surface area contributed by atoms with Crippen LogP contribution in [0.25, 0.3) is 22.3 Å². The maximum Gasteiger partial charge on any atom is 0.272 e. The molecule has 3 aromatic rings. The van der Waals surface area contributed by atoms with Gasteiger partial charge in [-0.1, -0.05) is 39.0 Å². The van der Waals surface area contributed by atoms with Crippen molar-refractivity contribution in [1.29, 1.82) is 0 Å². The number of fused-ring (bicyclic) bond motifs is 2. The van der Waals surface area contributed by atoms with Crippen molar-refractivity contribution in [3.05, 3.63) is 47.9 Å². The van der Waals surface area contributed by atoms with Crippen molar-refractivity contribution >= 4 is 22.7 Å². The van der Waals surface area contributed by atoms with Gasteiger partial charge in [-0.15, -0.1) is 0 Å². The van der Waals surface area contributed by atoms with Crippen LogP contribution in [-0.4, -0.2) is 57.9 Å². The molecule has 0 aliphatic carbocycles. The molecule has 2 amide bonds. The molecule has 32 heavy (non-hydrogen) atoms. The van der Waals surface area contributed by atoms with Crippen LogP contribution in [0.4, 0.5) is 0 Å². The second kappa shape index (κ2) is 8.35. The van der Waals surface area contributed by atoms with Crippen molar-refractivity contribution in [3.63, 3.8) is 0 Å². The van der Waals surface area contributed by atoms with Crippen LogP contribution < -0.4 is 10.6 Å². The SMILES string of the molecule is CNC(=O)C(NC(=O)c1nc(-c2cccc3cccnc23)n2c1CN(C)CC2)C(C)(C)C. The first-order chi connectivity index (χ1) is 15.2. The Labute approximate surface area is 188 Å². The third-order valence-corrected chi connectivity index (χ3v) is 5.94. The molecule has 0 fully saturated rings. The van der Waals surface area contributed by atoms with E-state index in [1.54, 1.807) is 13.2 Å². The van der Waals surface area contributed by atoms with Gasteiger partial charge in [0.1, 0.15) is 11.9 Å². The fourth-order valence-electron chi connectivity index (χ4n) is 4.18. The minimum Gasteiger partial charge on any atom is -0.357 e. The second-order valence-corrected chi connectivity index (χ2v) is 9.39. The average Bonchev–Trinajstić information content (AvgIpc) is 3.14. The number of carbonyl (C=O) groups is 2. The number of carbonyl (C=O) groups excluding carboxylic acids is 2. The van der Waals surface area contributed by atoms with E-state index in [4.69, 9.17) is 4.98 Å². The monoisotopic (exact) mass is 434 g/mol. The van der Waals surface area contributed by atoms with Crippen LogP contribution in [0, 0.1) is 5.41 Å². The standard InChI is InChI=1S/C24H30N6O2/c1-24(2,3)20(23(32)25-4)28-22(31)19-17-14-29(5)12-13-30(17)21(27-19)16-10-6-8-15-9-7-11-26-18(15)16/h6-11,20H,12-14H2,1-5H3,(H,25,32)(H,28,31). The Hall–Kier alpha value is -3.26. The van der Waals surface area contributed by atoms with Gasteiger partial charge in [0.25, 0.3) is 5.91 Å². The Bertz CT molecular complexity index is 1170. The molecular formula is C24H30N6O2. The number of hydrogen-bond donors (Lipinski definition) is 2. The van der Waals surface area contributed by atoms with Crippen molar-refractivity contribution in [3.8, 4) is 11.4 Å². The molecule has 4 rings (SSSR count). The van der Waals surface area contributed by atoms with Crippen LogP contribution >= 0.6 is 0 Å². The molecule has 0 saturated carbocycles. The normalized spacial score (nSPS) is 15.3. The topological polar surface area (TPSA) is 92.1 Å². The molecule has 8 heteroatoms. The largest absolute Gasteiger partial charge is 0.357 e. The summed E-state index contributed by atoms with van der Waals surface area (Å²) < 4.78 is 2.12. The zero-order valence-corrected chi connectivity index (χ0v) is 19.3. The van der Waals surface area contributed by atoms with Gasteiger partial charge in [-0.2, -0.15) is 0 Å². The lowest BCUT2D eigenvalue weighted by Gasteiger charge is -2.30. The Morgan fingerprint density at radius 2 is 1.88 bits per heavy atom. The van der Waals surface area contributed by atoms with E-state index in [-0.39, 0.29) is 11.8 Å². The molecule has 168 valence electrons. The number of para-hydroxylation sites is 1. The van der Waals surface area contributed by atoms with E-state index in [0.717, 1.165) is 41.1 Å². The van der Waals surface area contributed by atoms with Crippen molar-refractivity contribution in [2.75, 3.05) is 20.6 Å². The van der Waals surface area contributed by atoms with Gasteiger partial charge in [0.15, 0.2) is 5.69 Å². The second-order valence-electron chi connectivity index (χ2n) is 9.39. The van der Waals surface area contributed by atoms with Crippen molar-refractivity contribution in [2.24, 2.45) is 5.41 Å². The highest BCUT2D eigenvalue weighted by Crippen LogP contribution is 2.31. The van der Waals surface area contributed by atoms with Gasteiger partial charge >= 0.3 is 0 Å². The van der Waals surface area contributed by atoms with E-state index in [0.29, 0.717) is 12.2 Å². The Morgan fingerprint density at radius 1 is 1.12 bits per heavy atom. The van der Waals surface area contributed by atoms with E-state index in [2.05, 4.69) is 25.1 Å². The summed E-state index contributed by atoms with van der Waals surface area (Å²) in [6.45, 7) is 7.97. The number of likely N-dealkylation sites (N-methyl/N-ethyl adjacent to an activating group) is 2. The fraction of sp³-hybridized carbons (Fsp3) is 0.417. The van der Waals surface area contributed by atoms with Crippen LogP contribution in [0.3, 0.4) is 0 Å². The smallest absolute Gasteiger partial charge is 0.272 e.